The maximum atomic E-state index is 5.97. The fourth-order valence-electron chi connectivity index (χ4n) is 1.40. The fraction of sp³-hybridized carbons (Fsp3) is 0.300. The van der Waals surface area contributed by atoms with Crippen LogP contribution in [0.15, 0.2) is 28.6 Å². The normalized spacial score (nSPS) is 15.3. The average Bonchev–Trinajstić information content (AvgIpc) is 2.98. The predicted molar refractivity (Wildman–Crippen MR) is 61.7 cm³/mol. The lowest BCUT2D eigenvalue weighted by molar-refractivity contribution is 0.875. The number of nitrogens with one attached hydrogen (secondary N) is 1. The standard InChI is InChI=1S/C10H9ClN4S/c11-7-5-8(16-10-12-3-4-13-10)15-9(14-7)6-1-2-6/h3-6H,1-2H2,(H,12,13). The first-order valence-corrected chi connectivity index (χ1v) is 6.22. The van der Waals surface area contributed by atoms with Crippen LogP contribution in [0.1, 0.15) is 24.6 Å². The smallest absolute Gasteiger partial charge is 0.171 e. The maximum Gasteiger partial charge on any atom is 0.171 e. The Kier molecular flexibility index (Phi) is 2.57. The van der Waals surface area contributed by atoms with Gasteiger partial charge in [-0.05, 0) is 24.6 Å². The Hall–Kier alpha value is -1.07. The van der Waals surface area contributed by atoms with E-state index in [1.54, 1.807) is 18.5 Å². The Balaban J connectivity index is 1.88. The number of H-pyrrole nitrogens is 1. The van der Waals surface area contributed by atoms with Gasteiger partial charge in [-0.15, -0.1) is 0 Å². The number of aromatic amines is 1. The molecule has 4 nitrogen and oxygen atoms in total. The summed E-state index contributed by atoms with van der Waals surface area (Å²) in [5.74, 6) is 1.37. The topological polar surface area (TPSA) is 54.5 Å². The van der Waals surface area contributed by atoms with Crippen LogP contribution < -0.4 is 0 Å². The predicted octanol–water partition coefficient (Wildman–Crippen LogP) is 2.88. The third-order valence-corrected chi connectivity index (χ3v) is 3.33. The third kappa shape index (κ3) is 2.20. The summed E-state index contributed by atoms with van der Waals surface area (Å²) >= 11 is 7.43. The molecule has 0 bridgehead atoms. The summed E-state index contributed by atoms with van der Waals surface area (Å²) in [4.78, 5) is 15.9. The van der Waals surface area contributed by atoms with Gasteiger partial charge in [-0.2, -0.15) is 0 Å². The first-order chi connectivity index (χ1) is 7.81. The van der Waals surface area contributed by atoms with Crippen molar-refractivity contribution in [2.75, 3.05) is 0 Å². The van der Waals surface area contributed by atoms with Crippen LogP contribution >= 0.6 is 23.4 Å². The highest BCUT2D eigenvalue weighted by atomic mass is 35.5. The first-order valence-electron chi connectivity index (χ1n) is 5.03. The molecule has 6 heteroatoms. The minimum Gasteiger partial charge on any atom is -0.339 e. The van der Waals surface area contributed by atoms with Crippen molar-refractivity contribution in [3.05, 3.63) is 29.4 Å². The second-order valence-electron chi connectivity index (χ2n) is 3.66. The van der Waals surface area contributed by atoms with E-state index in [4.69, 9.17) is 11.6 Å². The Morgan fingerprint density at radius 2 is 2.25 bits per heavy atom. The van der Waals surface area contributed by atoms with Gasteiger partial charge >= 0.3 is 0 Å². The number of nitrogens with zero attached hydrogens (tertiary/aromatic N) is 3. The summed E-state index contributed by atoms with van der Waals surface area (Å²) in [6, 6.07) is 1.76. The van der Waals surface area contributed by atoms with Crippen molar-refractivity contribution in [2.24, 2.45) is 0 Å². The Labute approximate surface area is 102 Å². The molecule has 16 heavy (non-hydrogen) atoms. The lowest BCUT2D eigenvalue weighted by Gasteiger charge is -2.01. The lowest BCUT2D eigenvalue weighted by atomic mass is 10.4. The zero-order valence-corrected chi connectivity index (χ0v) is 9.92. The second-order valence-corrected chi connectivity index (χ2v) is 5.05. The molecule has 0 amide bonds. The Morgan fingerprint density at radius 3 is 2.94 bits per heavy atom. The molecule has 0 saturated heterocycles. The summed E-state index contributed by atoms with van der Waals surface area (Å²) < 4.78 is 0. The van der Waals surface area contributed by atoms with Crippen LogP contribution in [0.3, 0.4) is 0 Å². The van der Waals surface area contributed by atoms with Gasteiger partial charge in [-0.25, -0.2) is 15.0 Å². The van der Waals surface area contributed by atoms with E-state index >= 15 is 0 Å². The maximum absolute atomic E-state index is 5.97. The van der Waals surface area contributed by atoms with Gasteiger partial charge in [0.05, 0.1) is 0 Å². The van der Waals surface area contributed by atoms with E-state index in [1.165, 1.54) is 24.6 Å². The number of aromatic nitrogens is 4. The average molecular weight is 253 g/mol. The number of hydrogen-bond acceptors (Lipinski definition) is 4. The van der Waals surface area contributed by atoms with Crippen LogP contribution in [-0.4, -0.2) is 19.9 Å². The van der Waals surface area contributed by atoms with E-state index in [0.29, 0.717) is 11.1 Å². The highest BCUT2D eigenvalue weighted by Gasteiger charge is 2.27. The lowest BCUT2D eigenvalue weighted by Crippen LogP contribution is -1.94. The molecule has 3 rings (SSSR count). The molecule has 1 saturated carbocycles. The molecule has 0 unspecified atom stereocenters. The molecule has 0 aliphatic heterocycles. The van der Waals surface area contributed by atoms with Crippen LogP contribution in [0.5, 0.6) is 0 Å². The molecule has 2 aromatic heterocycles. The van der Waals surface area contributed by atoms with E-state index in [1.807, 2.05) is 0 Å². The summed E-state index contributed by atoms with van der Waals surface area (Å²) in [6.07, 6.45) is 5.84. The molecule has 0 atom stereocenters. The summed E-state index contributed by atoms with van der Waals surface area (Å²) in [5, 5.41) is 2.17. The fourth-order valence-corrected chi connectivity index (χ4v) is 2.40. The quantitative estimate of drug-likeness (QED) is 0.854. The number of imidazole rings is 1. The molecule has 82 valence electrons. The molecule has 1 aliphatic rings. The van der Waals surface area contributed by atoms with E-state index in [9.17, 15) is 0 Å². The van der Waals surface area contributed by atoms with Gasteiger partial charge in [0.25, 0.3) is 0 Å². The van der Waals surface area contributed by atoms with Crippen molar-refractivity contribution >= 4 is 23.4 Å². The zero-order chi connectivity index (χ0) is 11.0. The molecule has 1 N–H and O–H groups in total. The summed E-state index contributed by atoms with van der Waals surface area (Å²) in [6.45, 7) is 0. The molecule has 2 aromatic rings. The van der Waals surface area contributed by atoms with Crippen molar-refractivity contribution in [1.82, 2.24) is 19.9 Å². The van der Waals surface area contributed by atoms with Gasteiger partial charge in [0.2, 0.25) is 0 Å². The van der Waals surface area contributed by atoms with Crippen molar-refractivity contribution in [1.29, 1.82) is 0 Å². The monoisotopic (exact) mass is 252 g/mol. The van der Waals surface area contributed by atoms with Crippen molar-refractivity contribution in [3.63, 3.8) is 0 Å². The van der Waals surface area contributed by atoms with Gasteiger partial charge in [0.1, 0.15) is 16.0 Å². The number of rotatable bonds is 3. The van der Waals surface area contributed by atoms with Gasteiger partial charge in [0.15, 0.2) is 5.16 Å². The van der Waals surface area contributed by atoms with E-state index in [0.717, 1.165) is 16.0 Å². The van der Waals surface area contributed by atoms with Gasteiger partial charge in [-0.1, -0.05) is 11.6 Å². The first kappa shape index (κ1) is 10.1. The highest BCUT2D eigenvalue weighted by Crippen LogP contribution is 2.39. The van der Waals surface area contributed by atoms with Crippen molar-refractivity contribution < 1.29 is 0 Å². The molecule has 1 fully saturated rings. The summed E-state index contributed by atoms with van der Waals surface area (Å²) in [7, 11) is 0. The Morgan fingerprint density at radius 1 is 1.38 bits per heavy atom. The SMILES string of the molecule is Clc1cc(Sc2ncc[nH]2)nc(C2CC2)n1. The van der Waals surface area contributed by atoms with E-state index < -0.39 is 0 Å². The van der Waals surface area contributed by atoms with Crippen LogP contribution in [0, 0.1) is 0 Å². The van der Waals surface area contributed by atoms with E-state index in [-0.39, 0.29) is 0 Å². The van der Waals surface area contributed by atoms with Crippen LogP contribution in [0.2, 0.25) is 5.15 Å². The molecular weight excluding hydrogens is 244 g/mol. The number of hydrogen-bond donors (Lipinski definition) is 1. The minimum atomic E-state index is 0.506. The molecule has 2 heterocycles. The van der Waals surface area contributed by atoms with Gasteiger partial charge < -0.3 is 4.98 Å². The van der Waals surface area contributed by atoms with Crippen molar-refractivity contribution in [2.45, 2.75) is 28.9 Å². The molecule has 0 radical (unpaired) electrons. The molecule has 0 aromatic carbocycles. The molecule has 1 aliphatic carbocycles. The van der Waals surface area contributed by atoms with Gasteiger partial charge in [0, 0.05) is 24.4 Å². The summed E-state index contributed by atoms with van der Waals surface area (Å²) in [5.41, 5.74) is 0. The number of halogens is 1. The molecular formula is C10H9ClN4S. The Bertz CT molecular complexity index is 496. The second kappa shape index (κ2) is 4.07. The van der Waals surface area contributed by atoms with Crippen LogP contribution in [-0.2, 0) is 0 Å². The third-order valence-electron chi connectivity index (χ3n) is 2.31. The highest BCUT2D eigenvalue weighted by molar-refractivity contribution is 7.99. The van der Waals surface area contributed by atoms with Crippen LogP contribution in [0.25, 0.3) is 0 Å². The largest absolute Gasteiger partial charge is 0.339 e. The molecule has 0 spiro atoms. The van der Waals surface area contributed by atoms with Crippen molar-refractivity contribution in [3.8, 4) is 0 Å². The van der Waals surface area contributed by atoms with E-state index in [2.05, 4.69) is 19.9 Å². The van der Waals surface area contributed by atoms with Gasteiger partial charge in [-0.3, -0.25) is 0 Å². The minimum absolute atomic E-state index is 0.506. The van der Waals surface area contributed by atoms with Crippen LogP contribution in [0.4, 0.5) is 0 Å². The zero-order valence-electron chi connectivity index (χ0n) is 8.35.